The van der Waals surface area contributed by atoms with Crippen molar-refractivity contribution in [3.05, 3.63) is 24.4 Å². The molecule has 4 heteroatoms. The Morgan fingerprint density at radius 3 is 2.93 bits per heavy atom. The van der Waals surface area contributed by atoms with Crippen molar-refractivity contribution in [2.75, 3.05) is 5.32 Å². The molecule has 1 saturated carbocycles. The summed E-state index contributed by atoms with van der Waals surface area (Å²) in [6.45, 7) is 4.50. The number of anilines is 1. The largest absolute Gasteiger partial charge is 0.350 e. The first-order valence-corrected chi connectivity index (χ1v) is 5.23. The molecule has 1 atom stereocenters. The molecule has 0 aliphatic heterocycles. The Bertz CT molecular complexity index is 467. The predicted molar refractivity (Wildman–Crippen MR) is 58.8 cm³/mol. The van der Waals surface area contributed by atoms with Crippen LogP contribution in [-0.4, -0.2) is 20.6 Å². The van der Waals surface area contributed by atoms with Gasteiger partial charge in [0.05, 0.1) is 0 Å². The number of aromatic nitrogens is 3. The Kier molecular flexibility index (Phi) is 1.58. The zero-order valence-corrected chi connectivity index (χ0v) is 8.94. The molecule has 1 N–H and O–H groups in total. The molecular formula is C11H14N4. The summed E-state index contributed by atoms with van der Waals surface area (Å²) in [7, 11) is 0. The van der Waals surface area contributed by atoms with Crippen molar-refractivity contribution >= 4 is 11.6 Å². The van der Waals surface area contributed by atoms with Crippen LogP contribution < -0.4 is 5.32 Å². The molecule has 0 bridgehead atoms. The number of pyridine rings is 1. The highest BCUT2D eigenvalue weighted by Crippen LogP contribution is 2.46. The lowest BCUT2D eigenvalue weighted by Gasteiger charge is -2.02. The molecule has 0 spiro atoms. The summed E-state index contributed by atoms with van der Waals surface area (Å²) in [6.07, 6.45) is 3.11. The van der Waals surface area contributed by atoms with Gasteiger partial charge in [-0.15, -0.1) is 5.10 Å². The van der Waals surface area contributed by atoms with Crippen LogP contribution in [-0.2, 0) is 0 Å². The van der Waals surface area contributed by atoms with Crippen molar-refractivity contribution in [1.29, 1.82) is 0 Å². The van der Waals surface area contributed by atoms with E-state index in [0.29, 0.717) is 11.5 Å². The van der Waals surface area contributed by atoms with Gasteiger partial charge >= 0.3 is 0 Å². The standard InChI is InChI=1S/C11H14N4/c1-11(2)7-8(11)12-10-13-9-5-3-4-6-15(9)14-10/h3-6,8H,7H2,1-2H3,(H,12,14). The maximum Gasteiger partial charge on any atom is 0.243 e. The van der Waals surface area contributed by atoms with E-state index in [1.807, 2.05) is 24.4 Å². The minimum Gasteiger partial charge on any atom is -0.350 e. The van der Waals surface area contributed by atoms with Crippen LogP contribution >= 0.6 is 0 Å². The van der Waals surface area contributed by atoms with Gasteiger partial charge in [-0.05, 0) is 24.0 Å². The average Bonchev–Trinajstić information content (AvgIpc) is 2.61. The Morgan fingerprint density at radius 1 is 1.47 bits per heavy atom. The fourth-order valence-electron chi connectivity index (χ4n) is 1.76. The van der Waals surface area contributed by atoms with E-state index < -0.39 is 0 Å². The van der Waals surface area contributed by atoms with Crippen molar-refractivity contribution in [1.82, 2.24) is 14.6 Å². The molecule has 1 unspecified atom stereocenters. The van der Waals surface area contributed by atoms with E-state index in [-0.39, 0.29) is 0 Å². The molecule has 0 saturated heterocycles. The Labute approximate surface area is 88.3 Å². The van der Waals surface area contributed by atoms with Crippen molar-refractivity contribution in [2.24, 2.45) is 5.41 Å². The van der Waals surface area contributed by atoms with E-state index in [1.165, 1.54) is 6.42 Å². The smallest absolute Gasteiger partial charge is 0.243 e. The highest BCUT2D eigenvalue weighted by atomic mass is 15.4. The van der Waals surface area contributed by atoms with E-state index in [4.69, 9.17) is 0 Å². The summed E-state index contributed by atoms with van der Waals surface area (Å²) in [4.78, 5) is 4.40. The van der Waals surface area contributed by atoms with Gasteiger partial charge in [0.1, 0.15) is 0 Å². The van der Waals surface area contributed by atoms with Crippen LogP contribution in [0.5, 0.6) is 0 Å². The molecule has 1 fully saturated rings. The number of rotatable bonds is 2. The summed E-state index contributed by atoms with van der Waals surface area (Å²) >= 11 is 0. The van der Waals surface area contributed by atoms with Gasteiger partial charge in [-0.1, -0.05) is 19.9 Å². The summed E-state index contributed by atoms with van der Waals surface area (Å²) < 4.78 is 1.79. The third kappa shape index (κ3) is 1.46. The fourth-order valence-corrected chi connectivity index (χ4v) is 1.76. The lowest BCUT2D eigenvalue weighted by molar-refractivity contribution is 0.629. The van der Waals surface area contributed by atoms with Crippen molar-refractivity contribution in [3.8, 4) is 0 Å². The molecule has 2 aromatic rings. The molecule has 2 heterocycles. The maximum atomic E-state index is 4.40. The topological polar surface area (TPSA) is 42.2 Å². The van der Waals surface area contributed by atoms with Crippen molar-refractivity contribution in [2.45, 2.75) is 26.3 Å². The Morgan fingerprint density at radius 2 is 2.27 bits per heavy atom. The van der Waals surface area contributed by atoms with Crippen LogP contribution in [0, 0.1) is 5.41 Å². The van der Waals surface area contributed by atoms with Gasteiger partial charge in [0.2, 0.25) is 5.95 Å². The molecule has 2 aromatic heterocycles. The lowest BCUT2D eigenvalue weighted by Crippen LogP contribution is -2.09. The second-order valence-corrected chi connectivity index (χ2v) is 4.83. The van der Waals surface area contributed by atoms with E-state index in [0.717, 1.165) is 11.6 Å². The van der Waals surface area contributed by atoms with Gasteiger partial charge in [-0.25, -0.2) is 4.52 Å². The molecule has 78 valence electrons. The first-order valence-electron chi connectivity index (χ1n) is 5.23. The number of nitrogens with one attached hydrogen (secondary N) is 1. The third-order valence-electron chi connectivity index (χ3n) is 3.06. The molecule has 0 aromatic carbocycles. The predicted octanol–water partition coefficient (Wildman–Crippen LogP) is 1.94. The minimum atomic E-state index is 0.400. The zero-order chi connectivity index (χ0) is 10.5. The highest BCUT2D eigenvalue weighted by Gasteiger charge is 2.46. The van der Waals surface area contributed by atoms with E-state index in [2.05, 4.69) is 29.2 Å². The van der Waals surface area contributed by atoms with Gasteiger partial charge in [-0.2, -0.15) is 4.98 Å². The average molecular weight is 202 g/mol. The molecule has 3 rings (SSSR count). The first-order chi connectivity index (χ1) is 7.15. The van der Waals surface area contributed by atoms with Crippen LogP contribution in [0.15, 0.2) is 24.4 Å². The summed E-state index contributed by atoms with van der Waals surface area (Å²) in [5.74, 6) is 0.733. The normalized spacial score (nSPS) is 22.9. The van der Waals surface area contributed by atoms with Crippen molar-refractivity contribution < 1.29 is 0 Å². The fraction of sp³-hybridized carbons (Fsp3) is 0.455. The second kappa shape index (κ2) is 2.72. The molecule has 0 amide bonds. The van der Waals surface area contributed by atoms with Gasteiger partial charge in [0, 0.05) is 12.2 Å². The number of hydrogen-bond acceptors (Lipinski definition) is 3. The minimum absolute atomic E-state index is 0.400. The van der Waals surface area contributed by atoms with Gasteiger partial charge < -0.3 is 5.32 Å². The van der Waals surface area contributed by atoms with E-state index in [9.17, 15) is 0 Å². The summed E-state index contributed by atoms with van der Waals surface area (Å²) in [6, 6.07) is 6.40. The third-order valence-corrected chi connectivity index (χ3v) is 3.06. The Balaban J connectivity index is 1.87. The van der Waals surface area contributed by atoms with Gasteiger partial charge in [-0.3, -0.25) is 0 Å². The molecule has 15 heavy (non-hydrogen) atoms. The number of nitrogens with zero attached hydrogens (tertiary/aromatic N) is 3. The first kappa shape index (κ1) is 8.71. The van der Waals surface area contributed by atoms with Gasteiger partial charge in [0.25, 0.3) is 0 Å². The van der Waals surface area contributed by atoms with Crippen LogP contribution in [0.2, 0.25) is 0 Å². The summed E-state index contributed by atoms with van der Waals surface area (Å²) in [5, 5.41) is 7.71. The van der Waals surface area contributed by atoms with Crippen LogP contribution in [0.3, 0.4) is 0 Å². The summed E-state index contributed by atoms with van der Waals surface area (Å²) in [5.41, 5.74) is 1.29. The number of fused-ring (bicyclic) bond motifs is 1. The molecular weight excluding hydrogens is 188 g/mol. The van der Waals surface area contributed by atoms with Crippen molar-refractivity contribution in [3.63, 3.8) is 0 Å². The van der Waals surface area contributed by atoms with Crippen LogP contribution in [0.1, 0.15) is 20.3 Å². The molecule has 0 radical (unpaired) electrons. The van der Waals surface area contributed by atoms with Gasteiger partial charge in [0.15, 0.2) is 5.65 Å². The monoisotopic (exact) mass is 202 g/mol. The quantitative estimate of drug-likeness (QED) is 0.809. The molecule has 1 aliphatic rings. The SMILES string of the molecule is CC1(C)CC1Nc1nc2ccccn2n1. The van der Waals surface area contributed by atoms with E-state index >= 15 is 0 Å². The molecule has 1 aliphatic carbocycles. The highest BCUT2D eigenvalue weighted by molar-refractivity contribution is 5.44. The zero-order valence-electron chi connectivity index (χ0n) is 8.94. The molecule has 4 nitrogen and oxygen atoms in total. The maximum absolute atomic E-state index is 4.40. The lowest BCUT2D eigenvalue weighted by atomic mass is 10.2. The van der Waals surface area contributed by atoms with E-state index in [1.54, 1.807) is 4.52 Å². The van der Waals surface area contributed by atoms with Crippen LogP contribution in [0.4, 0.5) is 5.95 Å². The Hall–Kier alpha value is -1.58. The second-order valence-electron chi connectivity index (χ2n) is 4.83. The van der Waals surface area contributed by atoms with Crippen LogP contribution in [0.25, 0.3) is 5.65 Å². The number of hydrogen-bond donors (Lipinski definition) is 1.